The number of aromatic nitrogens is 2. The van der Waals surface area contributed by atoms with Gasteiger partial charge in [-0.05, 0) is 90.4 Å². The molecule has 2 saturated heterocycles. The van der Waals surface area contributed by atoms with E-state index in [4.69, 9.17) is 28.5 Å². The van der Waals surface area contributed by atoms with Crippen molar-refractivity contribution >= 4 is 35.1 Å². The van der Waals surface area contributed by atoms with Crippen molar-refractivity contribution in [3.05, 3.63) is 41.2 Å². The van der Waals surface area contributed by atoms with Crippen molar-refractivity contribution in [1.29, 1.82) is 0 Å². The molecular formula is C38H54BN3O6. The number of nitrogens with zero attached hydrogens (tertiary/aromatic N) is 3. The van der Waals surface area contributed by atoms with E-state index >= 15 is 0 Å². The molecule has 260 valence electrons. The van der Waals surface area contributed by atoms with Gasteiger partial charge in [-0.25, -0.2) is 0 Å². The van der Waals surface area contributed by atoms with E-state index in [1.165, 1.54) is 29.0 Å². The quantitative estimate of drug-likeness (QED) is 0.193. The van der Waals surface area contributed by atoms with Crippen LogP contribution in [0.15, 0.2) is 24.4 Å². The zero-order chi connectivity index (χ0) is 34.8. The monoisotopic (exact) mass is 659 g/mol. The van der Waals surface area contributed by atoms with Crippen molar-refractivity contribution in [3.63, 3.8) is 0 Å². The van der Waals surface area contributed by atoms with E-state index in [-0.39, 0.29) is 29.7 Å². The Morgan fingerprint density at radius 1 is 1.10 bits per heavy atom. The predicted octanol–water partition coefficient (Wildman–Crippen LogP) is 6.40. The van der Waals surface area contributed by atoms with Crippen molar-refractivity contribution in [1.82, 2.24) is 9.55 Å². The van der Waals surface area contributed by atoms with Gasteiger partial charge in [0.15, 0.2) is 0 Å². The molecule has 0 radical (unpaired) electrons. The smallest absolute Gasteiger partial charge is 0.465 e. The molecule has 5 heterocycles. The molecule has 48 heavy (non-hydrogen) atoms. The van der Waals surface area contributed by atoms with Crippen LogP contribution in [0.4, 0.5) is 5.69 Å². The largest absolute Gasteiger partial charge is 0.494 e. The fraction of sp³-hybridized carbons (Fsp3) is 0.632. The van der Waals surface area contributed by atoms with Crippen LogP contribution < -0.4 is 10.4 Å². The van der Waals surface area contributed by atoms with Crippen LogP contribution in [0, 0.1) is 5.41 Å². The van der Waals surface area contributed by atoms with Gasteiger partial charge in [-0.2, -0.15) is 0 Å². The van der Waals surface area contributed by atoms with Crippen LogP contribution in [-0.2, 0) is 47.7 Å². The van der Waals surface area contributed by atoms with Crippen LogP contribution in [0.1, 0.15) is 98.6 Å². The average molecular weight is 660 g/mol. The first-order valence-electron chi connectivity index (χ1n) is 17.6. The Morgan fingerprint density at radius 2 is 1.77 bits per heavy atom. The first-order chi connectivity index (χ1) is 22.5. The van der Waals surface area contributed by atoms with Gasteiger partial charge in [-0.15, -0.1) is 0 Å². The predicted molar refractivity (Wildman–Crippen MR) is 191 cm³/mol. The van der Waals surface area contributed by atoms with Crippen molar-refractivity contribution in [3.8, 4) is 11.3 Å². The molecule has 10 heteroatoms. The van der Waals surface area contributed by atoms with E-state index in [9.17, 15) is 4.79 Å². The zero-order valence-corrected chi connectivity index (χ0v) is 30.9. The maximum absolute atomic E-state index is 11.9. The van der Waals surface area contributed by atoms with Gasteiger partial charge < -0.3 is 33.0 Å². The Kier molecular flexibility index (Phi) is 9.29. The maximum atomic E-state index is 11.9. The van der Waals surface area contributed by atoms with Gasteiger partial charge in [-0.3, -0.25) is 9.78 Å². The lowest BCUT2D eigenvalue weighted by atomic mass is 9.76. The summed E-state index contributed by atoms with van der Waals surface area (Å²) in [5.74, 6) is -0.268. The molecule has 0 amide bonds. The molecule has 1 aromatic carbocycles. The number of aryl methyl sites for hydroxylation is 2. The van der Waals surface area contributed by atoms with E-state index < -0.39 is 18.3 Å². The second-order valence-corrected chi connectivity index (χ2v) is 16.0. The number of benzene rings is 1. The molecule has 0 bridgehead atoms. The molecule has 0 saturated carbocycles. The number of morpholine rings is 1. The third-order valence-electron chi connectivity index (χ3n) is 10.7. The van der Waals surface area contributed by atoms with Crippen LogP contribution in [0.25, 0.3) is 22.2 Å². The molecule has 3 aliphatic rings. The van der Waals surface area contributed by atoms with Crippen molar-refractivity contribution in [2.24, 2.45) is 5.41 Å². The van der Waals surface area contributed by atoms with E-state index in [0.29, 0.717) is 13.0 Å². The summed E-state index contributed by atoms with van der Waals surface area (Å²) in [6.45, 7) is 23.4. The van der Waals surface area contributed by atoms with Crippen LogP contribution >= 0.6 is 0 Å². The van der Waals surface area contributed by atoms with Gasteiger partial charge in [0.05, 0.1) is 64.9 Å². The zero-order valence-electron chi connectivity index (χ0n) is 30.9. The number of anilines is 1. The Morgan fingerprint density at radius 3 is 2.40 bits per heavy atom. The van der Waals surface area contributed by atoms with Crippen LogP contribution in [0.3, 0.4) is 0 Å². The molecule has 0 unspecified atom stereocenters. The van der Waals surface area contributed by atoms with Gasteiger partial charge in [0.2, 0.25) is 0 Å². The highest BCUT2D eigenvalue weighted by atomic mass is 16.7. The van der Waals surface area contributed by atoms with Crippen LogP contribution in [0.5, 0.6) is 0 Å². The summed E-state index contributed by atoms with van der Waals surface area (Å²) in [5, 5.41) is 1.19. The number of ether oxygens (including phenoxy) is 3. The molecular weight excluding hydrogens is 605 g/mol. The second-order valence-electron chi connectivity index (χ2n) is 16.0. The number of methoxy groups -OCH3 is 1. The molecule has 2 fully saturated rings. The van der Waals surface area contributed by atoms with Crippen molar-refractivity contribution in [2.45, 2.75) is 125 Å². The Bertz CT molecular complexity index is 1670. The molecule has 0 aliphatic carbocycles. The lowest BCUT2D eigenvalue weighted by Gasteiger charge is -2.37. The lowest BCUT2D eigenvalue weighted by molar-refractivity contribution is -0.143. The summed E-state index contributed by atoms with van der Waals surface area (Å²) in [5.41, 5.74) is 7.82. The highest BCUT2D eigenvalue weighted by molar-refractivity contribution is 6.62. The number of carbonyl (C=O) groups is 1. The average Bonchev–Trinajstić information content (AvgIpc) is 3.43. The minimum atomic E-state index is -0.467. The number of esters is 1. The number of pyridine rings is 1. The van der Waals surface area contributed by atoms with Crippen LogP contribution in [-0.4, -0.2) is 72.9 Å². The second kappa shape index (κ2) is 12.8. The summed E-state index contributed by atoms with van der Waals surface area (Å²) in [6.07, 6.45) is 4.72. The minimum Gasteiger partial charge on any atom is -0.465 e. The standard InChI is InChI=1S/C38H54BN3O6/c1-23-20-41(21-24(2)46-23)29-17-31(33(40-19-29)25(3)44-11)35-32(18-36(5,6)22-45-26(4)43)30-16-28(15-27-13-12-14-42(35)34(27)30)39-47-37(7,8)38(9,10)48-39/h15-17,19,23-25H,12-14,18,20-22H2,1-11H3/t23-,24+,25-/m0/s1. The van der Waals surface area contributed by atoms with Gasteiger partial charge in [0, 0.05) is 50.0 Å². The third kappa shape index (κ3) is 6.53. The number of hydrogen-bond donors (Lipinski definition) is 0. The highest BCUT2D eigenvalue weighted by Gasteiger charge is 2.52. The molecule has 9 nitrogen and oxygen atoms in total. The summed E-state index contributed by atoms with van der Waals surface area (Å²) < 4.78 is 33.3. The molecule has 6 rings (SSSR count). The van der Waals surface area contributed by atoms with Gasteiger partial charge in [0.1, 0.15) is 0 Å². The van der Waals surface area contributed by atoms with Crippen molar-refractivity contribution < 1.29 is 28.3 Å². The van der Waals surface area contributed by atoms with Gasteiger partial charge in [0.25, 0.3) is 0 Å². The first-order valence-corrected chi connectivity index (χ1v) is 17.6. The minimum absolute atomic E-state index is 0.125. The van der Waals surface area contributed by atoms with Gasteiger partial charge in [-0.1, -0.05) is 26.0 Å². The van der Waals surface area contributed by atoms with Gasteiger partial charge >= 0.3 is 13.1 Å². The lowest BCUT2D eigenvalue weighted by Crippen LogP contribution is -2.45. The molecule has 3 aromatic rings. The molecule has 0 spiro atoms. The van der Waals surface area contributed by atoms with E-state index in [1.54, 1.807) is 7.11 Å². The fourth-order valence-corrected chi connectivity index (χ4v) is 7.59. The molecule has 3 aliphatic heterocycles. The van der Waals surface area contributed by atoms with E-state index in [0.717, 1.165) is 60.6 Å². The Labute approximate surface area is 286 Å². The summed E-state index contributed by atoms with van der Waals surface area (Å²) in [4.78, 5) is 19.4. The SMILES string of the molecule is CO[C@@H](C)c1ncc(N2C[C@@H](C)O[C@@H](C)C2)cc1-c1c(CC(C)(C)COC(C)=O)c2cc(B3OC(C)(C)C(C)(C)O3)cc3c2n1CCC3. The highest BCUT2D eigenvalue weighted by Crippen LogP contribution is 2.45. The Hall–Kier alpha value is -2.92. The topological polar surface area (TPSA) is 84.3 Å². The molecule has 0 N–H and O–H groups in total. The normalized spacial score (nSPS) is 22.7. The fourth-order valence-electron chi connectivity index (χ4n) is 7.59. The summed E-state index contributed by atoms with van der Waals surface area (Å²) in [7, 11) is 1.28. The van der Waals surface area contributed by atoms with Crippen molar-refractivity contribution in [2.75, 3.05) is 31.7 Å². The number of carbonyl (C=O) groups excluding carboxylic acids is 1. The number of hydrogen-bond acceptors (Lipinski definition) is 8. The third-order valence-corrected chi connectivity index (χ3v) is 10.7. The number of rotatable bonds is 9. The first kappa shape index (κ1) is 34.9. The summed E-state index contributed by atoms with van der Waals surface area (Å²) >= 11 is 0. The summed E-state index contributed by atoms with van der Waals surface area (Å²) in [6, 6.07) is 6.89. The van der Waals surface area contributed by atoms with E-state index in [2.05, 4.69) is 90.0 Å². The van der Waals surface area contributed by atoms with Crippen LogP contribution in [0.2, 0.25) is 0 Å². The van der Waals surface area contributed by atoms with E-state index in [1.807, 2.05) is 6.20 Å². The maximum Gasteiger partial charge on any atom is 0.494 e. The molecule has 3 atom stereocenters. The Balaban J connectivity index is 1.59. The molecule has 2 aromatic heterocycles.